The van der Waals surface area contributed by atoms with Crippen LogP contribution in [0.25, 0.3) is 0 Å². The van der Waals surface area contributed by atoms with Crippen molar-refractivity contribution in [3.8, 4) is 0 Å². The molecule has 120 valence electrons. The van der Waals surface area contributed by atoms with E-state index in [2.05, 4.69) is 0 Å². The molecule has 15 nitrogen and oxygen atoms in total. The molecule has 0 radical (unpaired) electrons. The van der Waals surface area contributed by atoms with Crippen molar-refractivity contribution in [2.75, 3.05) is 0 Å². The molecule has 0 saturated heterocycles. The Morgan fingerprint density at radius 1 is 0.333 bits per heavy atom. The normalized spacial score (nSPS) is 5.42. The summed E-state index contributed by atoms with van der Waals surface area (Å²) < 4.78 is 129. The van der Waals surface area contributed by atoms with Crippen LogP contribution in [0.5, 0.6) is 0 Å². The van der Waals surface area contributed by atoms with Gasteiger partial charge in [0.2, 0.25) is 0 Å². The molecule has 0 fully saturated rings. The van der Waals surface area contributed by atoms with Gasteiger partial charge in [0.25, 0.3) is 0 Å². The van der Waals surface area contributed by atoms with E-state index in [9.17, 15) is 0 Å². The molecule has 0 aliphatic carbocycles. The molecular formula is La2Mg2O15Sn5. The summed E-state index contributed by atoms with van der Waals surface area (Å²) in [6.07, 6.45) is 0. The van der Waals surface area contributed by atoms with Gasteiger partial charge in [-0.3, -0.25) is 0 Å². The summed E-state index contributed by atoms with van der Waals surface area (Å²) in [4.78, 5) is 0. The Bertz CT molecular complexity index is 221. The van der Waals surface area contributed by atoms with Crippen molar-refractivity contribution >= 4 is 149 Å². The quantitative estimate of drug-likeness (QED) is 0.204. The average Bonchev–Trinajstić information content (AvgIpc) is 1.94. The summed E-state index contributed by atoms with van der Waals surface area (Å²) >= 11 is -21.5. The van der Waals surface area contributed by atoms with E-state index in [1.54, 1.807) is 0 Å². The van der Waals surface area contributed by atoms with E-state index < -0.39 is 103 Å². The van der Waals surface area contributed by atoms with Gasteiger partial charge in [0.1, 0.15) is 0 Å². The topological polar surface area (TPSA) is 316 Å². The number of hydrogen-bond donors (Lipinski definition) is 0. The fourth-order valence-corrected chi connectivity index (χ4v) is 0. The predicted molar refractivity (Wildman–Crippen MR) is 43.7 cm³/mol. The van der Waals surface area contributed by atoms with Crippen LogP contribution in [0.4, 0.5) is 0 Å². The van der Waals surface area contributed by atoms with Gasteiger partial charge in [-0.05, 0) is 0 Å². The second kappa shape index (κ2) is 51.8. The fourth-order valence-electron chi connectivity index (χ4n) is 0. The van der Waals surface area contributed by atoms with Crippen molar-refractivity contribution in [1.29, 1.82) is 0 Å². The van der Waals surface area contributed by atoms with Gasteiger partial charge in [0, 0.05) is 0 Å². The van der Waals surface area contributed by atoms with Gasteiger partial charge < -0.3 is 0 Å². The summed E-state index contributed by atoms with van der Waals surface area (Å²) in [6, 6.07) is 0. The molecule has 0 spiro atoms. The molecule has 0 aliphatic rings. The fraction of sp³-hybridized carbons (Fsp3) is 0. The molecule has 0 amide bonds. The molecule has 24 heteroatoms. The summed E-state index contributed by atoms with van der Waals surface area (Å²) in [5.74, 6) is 0. The zero-order valence-corrected chi connectivity index (χ0v) is 35.5. The van der Waals surface area contributed by atoms with E-state index in [1.807, 2.05) is 0 Å². The van der Waals surface area contributed by atoms with Crippen molar-refractivity contribution in [3.05, 3.63) is 0 Å². The monoisotopic (exact) mass is 1170 g/mol. The molecule has 0 N–H and O–H groups in total. The van der Waals surface area contributed by atoms with Crippen molar-refractivity contribution in [3.63, 3.8) is 0 Å². The summed E-state index contributed by atoms with van der Waals surface area (Å²) in [6.45, 7) is 0. The minimum atomic E-state index is -4.29. The van der Waals surface area contributed by atoms with Crippen LogP contribution < -0.4 is 34.4 Å². The van der Waals surface area contributed by atoms with Crippen LogP contribution in [0.15, 0.2) is 0 Å². The molecule has 0 atom stereocenters. The number of hydrogen-bond acceptors (Lipinski definition) is 15. The molecule has 0 unspecified atom stereocenters. The SMILES string of the molecule is [La+3].[La+3].[Mg+2].[Mg+2].[O]=[Sn]([O-])[O-].[O]=[Sn]([O-])[O-].[O]=[Sn]([O-])[O-].[O]=[Sn]([O-])[O-].[O]=[Sn]([O-])[O-]. The minimum absolute atomic E-state index is 0. The molecular weight excluding hydrogens is 1160 g/mol. The molecule has 0 aliphatic heterocycles. The first-order chi connectivity index (χ1) is 8.66. The first-order valence-electron chi connectivity index (χ1n) is 3.06. The van der Waals surface area contributed by atoms with Gasteiger partial charge >= 0.3 is 270 Å². The van der Waals surface area contributed by atoms with Crippen molar-refractivity contribution in [2.45, 2.75) is 0 Å². The molecule has 0 aromatic heterocycles. The Hall–Kier alpha value is 6.52. The zero-order valence-electron chi connectivity index (χ0n) is 11.2. The Kier molecular flexibility index (Phi) is 124. The molecule has 24 heavy (non-hydrogen) atoms. The average molecular weight is 1160 g/mol. The third kappa shape index (κ3) is 509. The zero-order chi connectivity index (χ0) is 17.9. The van der Waals surface area contributed by atoms with Crippen molar-refractivity contribution in [2.24, 2.45) is 0 Å². The van der Waals surface area contributed by atoms with E-state index in [0.29, 0.717) is 0 Å². The van der Waals surface area contributed by atoms with Gasteiger partial charge in [-0.2, -0.15) is 0 Å². The summed E-state index contributed by atoms with van der Waals surface area (Å²) in [5.41, 5.74) is 0. The summed E-state index contributed by atoms with van der Waals surface area (Å²) in [7, 11) is 0. The molecule has 0 aromatic rings. The molecule has 0 aromatic carbocycles. The molecule has 0 saturated carbocycles. The van der Waals surface area contributed by atoms with Gasteiger partial charge in [-0.1, -0.05) is 0 Å². The molecule has 0 heterocycles. The Morgan fingerprint density at radius 2 is 0.333 bits per heavy atom. The predicted octanol–water partition coefficient (Wildman–Crippen LogP) is -15.1. The Labute approximate surface area is 263 Å². The van der Waals surface area contributed by atoms with Crippen LogP contribution in [0.1, 0.15) is 0 Å². The van der Waals surface area contributed by atoms with Gasteiger partial charge in [0.05, 0.1) is 0 Å². The van der Waals surface area contributed by atoms with Crippen LogP contribution in [0.2, 0.25) is 0 Å². The van der Waals surface area contributed by atoms with Crippen LogP contribution in [0, 0.1) is 71.2 Å². The molecule has 0 rings (SSSR count). The third-order valence-electron chi connectivity index (χ3n) is 0. The molecule has 0 bridgehead atoms. The standard InChI is InChI=1S/2La.2Mg.15O.5Sn/q2*+3;2*+2;;;;;;10*-1;;;;;. The maximum atomic E-state index is 8.61. The number of rotatable bonds is 0. The van der Waals surface area contributed by atoms with Gasteiger partial charge in [-0.25, -0.2) is 0 Å². The van der Waals surface area contributed by atoms with E-state index in [1.165, 1.54) is 0 Å². The van der Waals surface area contributed by atoms with Gasteiger partial charge in [-0.15, -0.1) is 0 Å². The third-order valence-corrected chi connectivity index (χ3v) is 0. The first kappa shape index (κ1) is 57.4. The van der Waals surface area contributed by atoms with E-state index >= 15 is 0 Å². The van der Waals surface area contributed by atoms with E-state index in [0.717, 1.165) is 0 Å². The van der Waals surface area contributed by atoms with Crippen molar-refractivity contribution in [1.82, 2.24) is 0 Å². The first-order valence-corrected chi connectivity index (χ1v) is 20.5. The summed E-state index contributed by atoms with van der Waals surface area (Å²) in [5, 5.41) is 0. The van der Waals surface area contributed by atoms with E-state index in [-0.39, 0.29) is 117 Å². The van der Waals surface area contributed by atoms with Crippen LogP contribution >= 0.6 is 0 Å². The Morgan fingerprint density at radius 3 is 0.333 bits per heavy atom. The van der Waals surface area contributed by atoms with Crippen LogP contribution in [-0.2, 0) is 15.4 Å². The maximum absolute atomic E-state index is 8.61. The second-order valence-electron chi connectivity index (χ2n) is 1.25. The second-order valence-corrected chi connectivity index (χ2v) is 8.39. The van der Waals surface area contributed by atoms with Crippen LogP contribution in [0.3, 0.4) is 0 Å². The van der Waals surface area contributed by atoms with Gasteiger partial charge in [0.15, 0.2) is 0 Å². The van der Waals surface area contributed by atoms with E-state index in [4.69, 9.17) is 49.8 Å². The Balaban J connectivity index is -0.0000000161. The van der Waals surface area contributed by atoms with Crippen LogP contribution in [-0.4, -0.2) is 149 Å². The van der Waals surface area contributed by atoms with Crippen molar-refractivity contribution < 1.29 is 121 Å².